The molecule has 1 aromatic carbocycles. The molecule has 2 N–H and O–H groups in total. The van der Waals surface area contributed by atoms with Gasteiger partial charge in [0.25, 0.3) is 5.91 Å². The summed E-state index contributed by atoms with van der Waals surface area (Å²) >= 11 is 1.37. The number of rotatable bonds is 6. The van der Waals surface area contributed by atoms with Gasteiger partial charge in [0.2, 0.25) is 11.0 Å². The maximum Gasteiger partial charge on any atom is 0.251 e. The first kappa shape index (κ1) is 17.1. The summed E-state index contributed by atoms with van der Waals surface area (Å²) in [6.45, 7) is 5.83. The Kier molecular flexibility index (Phi) is 5.81. The highest BCUT2D eigenvalue weighted by Gasteiger charge is 2.15. The van der Waals surface area contributed by atoms with Crippen molar-refractivity contribution in [1.29, 1.82) is 0 Å². The van der Waals surface area contributed by atoms with Crippen molar-refractivity contribution < 1.29 is 9.59 Å². The molecule has 0 saturated heterocycles. The van der Waals surface area contributed by atoms with E-state index in [9.17, 15) is 9.59 Å². The van der Waals surface area contributed by atoms with Gasteiger partial charge in [-0.2, -0.15) is 0 Å². The second-order valence-electron chi connectivity index (χ2n) is 5.59. The van der Waals surface area contributed by atoms with Gasteiger partial charge in [-0.3, -0.25) is 9.59 Å². The Labute approximate surface area is 139 Å². The van der Waals surface area contributed by atoms with E-state index in [0.29, 0.717) is 10.7 Å². The van der Waals surface area contributed by atoms with Gasteiger partial charge in [-0.25, -0.2) is 0 Å². The number of anilines is 1. The first-order chi connectivity index (χ1) is 11.0. The van der Waals surface area contributed by atoms with Crippen LogP contribution < -0.4 is 10.6 Å². The van der Waals surface area contributed by atoms with Crippen molar-refractivity contribution in [3.8, 4) is 0 Å². The maximum absolute atomic E-state index is 12.0. The fraction of sp³-hybridized carbons (Fsp3) is 0.375. The standard InChI is InChI=1S/C16H20N4O2S/c1-10(2)15-19-20-16(23-15)18-13(21)9-11(3)17-14(22)12-7-5-4-6-8-12/h4-8,10-11H,9H2,1-3H3,(H,17,22)(H,18,20,21)/t11-/m1/s1. The quantitative estimate of drug-likeness (QED) is 0.852. The van der Waals surface area contributed by atoms with Crippen LogP contribution in [0.25, 0.3) is 0 Å². The third-order valence-electron chi connectivity index (χ3n) is 3.09. The highest BCUT2D eigenvalue weighted by molar-refractivity contribution is 7.15. The van der Waals surface area contributed by atoms with E-state index in [1.807, 2.05) is 19.9 Å². The third kappa shape index (κ3) is 5.14. The van der Waals surface area contributed by atoms with Crippen LogP contribution in [0.2, 0.25) is 0 Å². The molecule has 122 valence electrons. The molecule has 1 atom stereocenters. The number of nitrogens with zero attached hydrogens (tertiary/aromatic N) is 2. The number of hydrogen-bond acceptors (Lipinski definition) is 5. The van der Waals surface area contributed by atoms with E-state index in [4.69, 9.17) is 0 Å². The highest BCUT2D eigenvalue weighted by atomic mass is 32.1. The van der Waals surface area contributed by atoms with Crippen LogP contribution >= 0.6 is 11.3 Å². The summed E-state index contributed by atoms with van der Waals surface area (Å²) in [6.07, 6.45) is 0.176. The second kappa shape index (κ2) is 7.82. The van der Waals surface area contributed by atoms with E-state index in [1.54, 1.807) is 31.2 Å². The summed E-state index contributed by atoms with van der Waals surface area (Å²) < 4.78 is 0. The lowest BCUT2D eigenvalue weighted by atomic mass is 10.1. The Bertz CT molecular complexity index is 670. The second-order valence-corrected chi connectivity index (χ2v) is 6.60. The summed E-state index contributed by atoms with van der Waals surface area (Å²) in [5, 5.41) is 14.8. The SMILES string of the molecule is CC(C)c1nnc(NC(=O)C[C@@H](C)NC(=O)c2ccccc2)s1. The lowest BCUT2D eigenvalue weighted by Crippen LogP contribution is -2.35. The van der Waals surface area contributed by atoms with Crippen LogP contribution in [0, 0.1) is 0 Å². The van der Waals surface area contributed by atoms with Gasteiger partial charge in [-0.15, -0.1) is 10.2 Å². The Morgan fingerprint density at radius 1 is 1.13 bits per heavy atom. The average molecular weight is 332 g/mol. The molecule has 23 heavy (non-hydrogen) atoms. The van der Waals surface area contributed by atoms with E-state index < -0.39 is 0 Å². The average Bonchev–Trinajstić information content (AvgIpc) is 2.96. The largest absolute Gasteiger partial charge is 0.349 e. The molecule has 2 aromatic rings. The monoisotopic (exact) mass is 332 g/mol. The molecular weight excluding hydrogens is 312 g/mol. The van der Waals surface area contributed by atoms with Crippen LogP contribution in [-0.2, 0) is 4.79 Å². The molecule has 2 amide bonds. The molecule has 0 aliphatic rings. The van der Waals surface area contributed by atoms with Gasteiger partial charge in [0, 0.05) is 23.9 Å². The number of hydrogen-bond donors (Lipinski definition) is 2. The van der Waals surface area contributed by atoms with Crippen molar-refractivity contribution in [1.82, 2.24) is 15.5 Å². The van der Waals surface area contributed by atoms with E-state index in [-0.39, 0.29) is 30.2 Å². The van der Waals surface area contributed by atoms with Gasteiger partial charge in [0.1, 0.15) is 5.01 Å². The maximum atomic E-state index is 12.0. The predicted molar refractivity (Wildman–Crippen MR) is 90.6 cm³/mol. The van der Waals surface area contributed by atoms with Gasteiger partial charge in [0.05, 0.1) is 0 Å². The van der Waals surface area contributed by atoms with Crippen molar-refractivity contribution in [3.05, 3.63) is 40.9 Å². The van der Waals surface area contributed by atoms with Gasteiger partial charge in [-0.05, 0) is 19.1 Å². The van der Waals surface area contributed by atoms with Crippen molar-refractivity contribution in [3.63, 3.8) is 0 Å². The molecule has 1 heterocycles. The lowest BCUT2D eigenvalue weighted by Gasteiger charge is -2.13. The molecule has 2 rings (SSSR count). The number of nitrogens with one attached hydrogen (secondary N) is 2. The predicted octanol–water partition coefficient (Wildman–Crippen LogP) is 2.81. The van der Waals surface area contributed by atoms with Crippen LogP contribution in [0.3, 0.4) is 0 Å². The normalized spacial score (nSPS) is 12.0. The molecule has 0 aliphatic carbocycles. The van der Waals surface area contributed by atoms with Crippen LogP contribution in [0.4, 0.5) is 5.13 Å². The van der Waals surface area contributed by atoms with Crippen molar-refractivity contribution >= 4 is 28.3 Å². The van der Waals surface area contributed by atoms with Crippen molar-refractivity contribution in [2.24, 2.45) is 0 Å². The number of carbonyl (C=O) groups excluding carboxylic acids is 2. The minimum atomic E-state index is -0.278. The van der Waals surface area contributed by atoms with Gasteiger partial charge < -0.3 is 10.6 Å². The topological polar surface area (TPSA) is 84.0 Å². The Balaban J connectivity index is 1.83. The van der Waals surface area contributed by atoms with E-state index in [0.717, 1.165) is 5.01 Å². The van der Waals surface area contributed by atoms with Gasteiger partial charge in [0.15, 0.2) is 0 Å². The molecule has 0 fully saturated rings. The molecule has 0 radical (unpaired) electrons. The molecule has 6 nitrogen and oxygen atoms in total. The van der Waals surface area contributed by atoms with Crippen LogP contribution in [0.1, 0.15) is 48.5 Å². The minimum Gasteiger partial charge on any atom is -0.349 e. The third-order valence-corrected chi connectivity index (χ3v) is 4.23. The van der Waals surface area contributed by atoms with E-state index in [2.05, 4.69) is 20.8 Å². The number of carbonyl (C=O) groups is 2. The Hall–Kier alpha value is -2.28. The van der Waals surface area contributed by atoms with Crippen molar-refractivity contribution in [2.75, 3.05) is 5.32 Å². The first-order valence-corrected chi connectivity index (χ1v) is 8.26. The number of benzene rings is 1. The smallest absolute Gasteiger partial charge is 0.251 e. The van der Waals surface area contributed by atoms with Gasteiger partial charge in [-0.1, -0.05) is 43.4 Å². The van der Waals surface area contributed by atoms with Crippen LogP contribution in [0.5, 0.6) is 0 Å². The minimum absolute atomic E-state index is 0.176. The molecule has 7 heteroatoms. The zero-order valence-electron chi connectivity index (χ0n) is 13.4. The Morgan fingerprint density at radius 2 is 1.83 bits per heavy atom. The summed E-state index contributed by atoms with van der Waals surface area (Å²) in [5.74, 6) is -0.108. The molecule has 0 unspecified atom stereocenters. The lowest BCUT2D eigenvalue weighted by molar-refractivity contribution is -0.116. The molecule has 0 saturated carbocycles. The van der Waals surface area contributed by atoms with E-state index >= 15 is 0 Å². The molecule has 1 aromatic heterocycles. The first-order valence-electron chi connectivity index (χ1n) is 7.45. The number of amides is 2. The zero-order chi connectivity index (χ0) is 16.8. The molecule has 0 aliphatic heterocycles. The highest BCUT2D eigenvalue weighted by Crippen LogP contribution is 2.22. The van der Waals surface area contributed by atoms with Crippen LogP contribution in [0.15, 0.2) is 30.3 Å². The molecule has 0 spiro atoms. The number of aromatic nitrogens is 2. The molecule has 0 bridgehead atoms. The van der Waals surface area contributed by atoms with Gasteiger partial charge >= 0.3 is 0 Å². The van der Waals surface area contributed by atoms with Crippen molar-refractivity contribution in [2.45, 2.75) is 39.2 Å². The summed E-state index contributed by atoms with van der Waals surface area (Å²) in [4.78, 5) is 24.0. The zero-order valence-corrected chi connectivity index (χ0v) is 14.2. The summed E-state index contributed by atoms with van der Waals surface area (Å²) in [5.41, 5.74) is 0.574. The molecular formula is C16H20N4O2S. The van der Waals surface area contributed by atoms with Crippen LogP contribution in [-0.4, -0.2) is 28.1 Å². The Morgan fingerprint density at radius 3 is 2.43 bits per heavy atom. The fourth-order valence-corrected chi connectivity index (χ4v) is 2.68. The van der Waals surface area contributed by atoms with E-state index in [1.165, 1.54) is 11.3 Å². The fourth-order valence-electron chi connectivity index (χ4n) is 1.91. The summed E-state index contributed by atoms with van der Waals surface area (Å²) in [6, 6.07) is 8.64. The summed E-state index contributed by atoms with van der Waals surface area (Å²) in [7, 11) is 0.